The average molecular weight is 384 g/mol. The first kappa shape index (κ1) is 20.3. The number of nitrogens with two attached hydrogens (primary N) is 1. The molecule has 0 bridgehead atoms. The highest BCUT2D eigenvalue weighted by molar-refractivity contribution is 7.89. The van der Waals surface area contributed by atoms with E-state index in [0.717, 1.165) is 12.1 Å². The maximum atomic E-state index is 12.8. The first-order valence-corrected chi connectivity index (χ1v) is 9.83. The Labute approximate surface area is 153 Å². The Morgan fingerprint density at radius 3 is 2.58 bits per heavy atom. The summed E-state index contributed by atoms with van der Waals surface area (Å²) in [6.07, 6.45) is 1.19. The first-order chi connectivity index (χ1) is 12.2. The van der Waals surface area contributed by atoms with Crippen LogP contribution in [0.1, 0.15) is 19.8 Å². The van der Waals surface area contributed by atoms with Crippen molar-refractivity contribution in [2.45, 2.75) is 30.7 Å². The molecule has 1 aromatic carbocycles. The maximum Gasteiger partial charge on any atom is 0.269 e. The number of piperidine rings is 1. The molecule has 0 radical (unpaired) electrons. The van der Waals surface area contributed by atoms with Crippen LogP contribution >= 0.6 is 0 Å². The van der Waals surface area contributed by atoms with Gasteiger partial charge in [0.1, 0.15) is 0 Å². The van der Waals surface area contributed by atoms with Crippen LogP contribution in [0.15, 0.2) is 29.2 Å². The third kappa shape index (κ3) is 4.19. The number of carbonyl (C=O) groups is 1. The van der Waals surface area contributed by atoms with E-state index in [1.807, 2.05) is 6.92 Å². The van der Waals surface area contributed by atoms with Gasteiger partial charge in [-0.2, -0.15) is 4.31 Å². The van der Waals surface area contributed by atoms with Gasteiger partial charge in [0.2, 0.25) is 15.9 Å². The van der Waals surface area contributed by atoms with Crippen molar-refractivity contribution in [1.82, 2.24) is 9.21 Å². The van der Waals surface area contributed by atoms with Crippen molar-refractivity contribution in [2.75, 3.05) is 26.7 Å². The first-order valence-electron chi connectivity index (χ1n) is 8.39. The van der Waals surface area contributed by atoms with Gasteiger partial charge < -0.3 is 10.6 Å². The summed E-state index contributed by atoms with van der Waals surface area (Å²) in [5, 5.41) is 10.7. The third-order valence-electron chi connectivity index (χ3n) is 4.77. The Morgan fingerprint density at radius 1 is 1.42 bits per heavy atom. The lowest BCUT2D eigenvalue weighted by atomic mass is 9.97. The summed E-state index contributed by atoms with van der Waals surface area (Å²) in [5.41, 5.74) is 5.43. The molecule has 1 amide bonds. The van der Waals surface area contributed by atoms with E-state index >= 15 is 0 Å². The maximum absolute atomic E-state index is 12.8. The van der Waals surface area contributed by atoms with Crippen LogP contribution in [0, 0.1) is 16.0 Å². The normalized spacial score (nSPS) is 19.7. The quantitative estimate of drug-likeness (QED) is 0.571. The summed E-state index contributed by atoms with van der Waals surface area (Å²) in [5.74, 6) is -0.540. The molecule has 1 aromatic rings. The number of rotatable bonds is 6. The van der Waals surface area contributed by atoms with Crippen molar-refractivity contribution in [3.8, 4) is 0 Å². The van der Waals surface area contributed by atoms with Gasteiger partial charge >= 0.3 is 0 Å². The second-order valence-corrected chi connectivity index (χ2v) is 8.43. The zero-order chi connectivity index (χ0) is 19.5. The fourth-order valence-electron chi connectivity index (χ4n) is 2.91. The molecule has 10 heteroatoms. The van der Waals surface area contributed by atoms with Crippen molar-refractivity contribution in [3.63, 3.8) is 0 Å². The fraction of sp³-hybridized carbons (Fsp3) is 0.562. The van der Waals surface area contributed by atoms with Crippen LogP contribution in [0.25, 0.3) is 0 Å². The highest BCUT2D eigenvalue weighted by Crippen LogP contribution is 2.26. The van der Waals surface area contributed by atoms with Crippen LogP contribution in [0.3, 0.4) is 0 Å². The van der Waals surface area contributed by atoms with E-state index in [1.165, 1.54) is 16.4 Å². The summed E-state index contributed by atoms with van der Waals surface area (Å²) in [6, 6.07) is 4.65. The molecule has 2 N–H and O–H groups in total. The van der Waals surface area contributed by atoms with Crippen molar-refractivity contribution >= 4 is 21.6 Å². The molecule has 0 aromatic heterocycles. The number of amides is 1. The highest BCUT2D eigenvalue weighted by Gasteiger charge is 2.35. The molecular weight excluding hydrogens is 360 g/mol. The van der Waals surface area contributed by atoms with Gasteiger partial charge in [-0.1, -0.05) is 0 Å². The van der Waals surface area contributed by atoms with Gasteiger partial charge in [-0.05, 0) is 31.9 Å². The summed E-state index contributed by atoms with van der Waals surface area (Å²) < 4.78 is 26.9. The summed E-state index contributed by atoms with van der Waals surface area (Å²) in [7, 11) is -2.14. The molecular formula is C16H24N4O5S. The lowest BCUT2D eigenvalue weighted by Crippen LogP contribution is -2.49. The summed E-state index contributed by atoms with van der Waals surface area (Å²) >= 11 is 0. The van der Waals surface area contributed by atoms with Gasteiger partial charge in [0.05, 0.1) is 15.7 Å². The van der Waals surface area contributed by atoms with E-state index in [9.17, 15) is 23.3 Å². The molecule has 1 aliphatic rings. The van der Waals surface area contributed by atoms with Crippen LogP contribution in [0.2, 0.25) is 0 Å². The number of likely N-dealkylation sites (N-methyl/N-ethyl adjacent to an activating group) is 1. The molecule has 0 spiro atoms. The second-order valence-electron chi connectivity index (χ2n) is 6.49. The number of nitro groups is 1. The zero-order valence-corrected chi connectivity index (χ0v) is 15.7. The minimum atomic E-state index is -3.81. The van der Waals surface area contributed by atoms with Crippen LogP contribution < -0.4 is 5.73 Å². The predicted molar refractivity (Wildman–Crippen MR) is 95.9 cm³/mol. The summed E-state index contributed by atoms with van der Waals surface area (Å²) in [6.45, 7) is 2.59. The monoisotopic (exact) mass is 384 g/mol. The molecule has 0 aliphatic carbocycles. The highest BCUT2D eigenvalue weighted by atomic mass is 32.2. The number of nitro benzene ring substituents is 1. The molecule has 2 rings (SSSR count). The van der Waals surface area contributed by atoms with Crippen LogP contribution in [0.4, 0.5) is 5.69 Å². The molecule has 1 saturated heterocycles. The van der Waals surface area contributed by atoms with E-state index in [0.29, 0.717) is 25.9 Å². The number of carbonyl (C=O) groups excluding carboxylic acids is 1. The van der Waals surface area contributed by atoms with Crippen molar-refractivity contribution in [3.05, 3.63) is 34.4 Å². The lowest BCUT2D eigenvalue weighted by molar-refractivity contribution is -0.384. The summed E-state index contributed by atoms with van der Waals surface area (Å²) in [4.78, 5) is 24.3. The Bertz CT molecular complexity index is 765. The zero-order valence-electron chi connectivity index (χ0n) is 14.9. The Balaban J connectivity index is 2.17. The molecule has 2 unspecified atom stereocenters. The lowest BCUT2D eigenvalue weighted by Gasteiger charge is -2.34. The molecule has 26 heavy (non-hydrogen) atoms. The molecule has 1 fully saturated rings. The van der Waals surface area contributed by atoms with Crippen LogP contribution in [-0.2, 0) is 14.8 Å². The molecule has 1 aliphatic heterocycles. The van der Waals surface area contributed by atoms with Gasteiger partial charge in [-0.25, -0.2) is 8.42 Å². The molecule has 0 saturated carbocycles. The van der Waals surface area contributed by atoms with Gasteiger partial charge in [0, 0.05) is 44.9 Å². The molecule has 2 atom stereocenters. The fourth-order valence-corrected chi connectivity index (χ4v) is 4.44. The minimum absolute atomic E-state index is 0.0140. The van der Waals surface area contributed by atoms with E-state index in [4.69, 9.17) is 5.73 Å². The number of non-ortho nitro benzene ring substituents is 1. The van der Waals surface area contributed by atoms with Crippen molar-refractivity contribution < 1.29 is 18.1 Å². The van der Waals surface area contributed by atoms with E-state index in [2.05, 4.69) is 0 Å². The molecule has 9 nitrogen and oxygen atoms in total. The third-order valence-corrected chi connectivity index (χ3v) is 6.65. The van der Waals surface area contributed by atoms with Crippen molar-refractivity contribution in [1.29, 1.82) is 0 Å². The largest absolute Gasteiger partial charge is 0.342 e. The van der Waals surface area contributed by atoms with Gasteiger partial charge in [-0.15, -0.1) is 0 Å². The topological polar surface area (TPSA) is 127 Å². The van der Waals surface area contributed by atoms with Gasteiger partial charge in [0.15, 0.2) is 0 Å². The SMILES string of the molecule is CC(CN)N(C)C(=O)C1CCCN(S(=O)(=O)c2ccc([N+](=O)[O-])cc2)C1. The number of nitrogens with zero attached hydrogens (tertiary/aromatic N) is 3. The minimum Gasteiger partial charge on any atom is -0.342 e. The molecule has 144 valence electrons. The van der Waals surface area contributed by atoms with Gasteiger partial charge in [-0.3, -0.25) is 14.9 Å². The van der Waals surface area contributed by atoms with E-state index < -0.39 is 20.9 Å². The Hall–Kier alpha value is -2.04. The van der Waals surface area contributed by atoms with Crippen LogP contribution in [0.5, 0.6) is 0 Å². The predicted octanol–water partition coefficient (Wildman–Crippen LogP) is 0.801. The van der Waals surface area contributed by atoms with E-state index in [1.54, 1.807) is 11.9 Å². The number of sulfonamides is 1. The standard InChI is InChI=1S/C16H24N4O5S/c1-12(10-17)18(2)16(21)13-4-3-9-19(11-13)26(24,25)15-7-5-14(6-8-15)20(22)23/h5-8,12-13H,3-4,9-11,17H2,1-2H3. The molecule has 1 heterocycles. The average Bonchev–Trinajstić information content (AvgIpc) is 2.66. The second kappa shape index (κ2) is 8.11. The Kier molecular flexibility index (Phi) is 6.32. The van der Waals surface area contributed by atoms with Crippen molar-refractivity contribution in [2.24, 2.45) is 11.7 Å². The number of hydrogen-bond donors (Lipinski definition) is 1. The number of benzene rings is 1. The van der Waals surface area contributed by atoms with E-state index in [-0.39, 0.29) is 29.1 Å². The van der Waals surface area contributed by atoms with Crippen LogP contribution in [-0.4, -0.2) is 61.2 Å². The van der Waals surface area contributed by atoms with Gasteiger partial charge in [0.25, 0.3) is 5.69 Å². The smallest absolute Gasteiger partial charge is 0.269 e. The number of hydrogen-bond acceptors (Lipinski definition) is 6. The Morgan fingerprint density at radius 2 is 2.04 bits per heavy atom.